The molecule has 1 rings (SSSR count). The molecule has 0 spiro atoms. The van der Waals surface area contributed by atoms with Gasteiger partial charge >= 0.3 is 5.97 Å². The van der Waals surface area contributed by atoms with Crippen LogP contribution in [0.1, 0.15) is 33.8 Å². The summed E-state index contributed by atoms with van der Waals surface area (Å²) >= 11 is 1.23. The lowest BCUT2D eigenvalue weighted by atomic mass is 10.1. The Kier molecular flexibility index (Phi) is 2.49. The first-order valence-electron chi connectivity index (χ1n) is 3.61. The van der Waals surface area contributed by atoms with Gasteiger partial charge in [0.2, 0.25) is 0 Å². The van der Waals surface area contributed by atoms with E-state index in [1.54, 1.807) is 6.92 Å². The fraction of sp³-hybridized carbons (Fsp3) is 0.375. The Bertz CT molecular complexity index is 304. The van der Waals surface area contributed by atoms with Crippen LogP contribution in [-0.4, -0.2) is 11.1 Å². The quantitative estimate of drug-likeness (QED) is 0.738. The first-order chi connectivity index (χ1) is 5.54. The molecule has 4 heteroatoms. The molecular formula is C8H11NO2S. The second-order valence-electron chi connectivity index (χ2n) is 2.74. The van der Waals surface area contributed by atoms with Crippen molar-refractivity contribution in [2.75, 3.05) is 0 Å². The van der Waals surface area contributed by atoms with Crippen LogP contribution < -0.4 is 5.73 Å². The number of hydrogen-bond acceptors (Lipinski definition) is 3. The smallest absolute Gasteiger partial charge is 0.346 e. The zero-order chi connectivity index (χ0) is 9.30. The molecule has 1 aromatic heterocycles. The first kappa shape index (κ1) is 9.22. The van der Waals surface area contributed by atoms with E-state index < -0.39 is 5.97 Å². The van der Waals surface area contributed by atoms with Gasteiger partial charge in [-0.25, -0.2) is 4.79 Å². The Morgan fingerprint density at radius 3 is 2.58 bits per heavy atom. The third-order valence-electron chi connectivity index (χ3n) is 1.76. The van der Waals surface area contributed by atoms with Crippen LogP contribution in [0.25, 0.3) is 0 Å². The van der Waals surface area contributed by atoms with E-state index in [0.29, 0.717) is 4.88 Å². The number of carbonyl (C=O) groups is 1. The molecule has 1 aromatic rings. The van der Waals surface area contributed by atoms with Crippen LogP contribution in [-0.2, 0) is 0 Å². The Hall–Kier alpha value is -0.870. The van der Waals surface area contributed by atoms with E-state index in [-0.39, 0.29) is 6.04 Å². The summed E-state index contributed by atoms with van der Waals surface area (Å²) in [6, 6.07) is -0.0886. The van der Waals surface area contributed by atoms with Crippen molar-refractivity contribution >= 4 is 17.3 Å². The van der Waals surface area contributed by atoms with Gasteiger partial charge in [-0.3, -0.25) is 0 Å². The summed E-state index contributed by atoms with van der Waals surface area (Å²) in [6.07, 6.45) is 0. The molecule has 0 saturated carbocycles. The van der Waals surface area contributed by atoms with Crippen molar-refractivity contribution in [3.05, 3.63) is 21.4 Å². The fourth-order valence-corrected chi connectivity index (χ4v) is 2.12. The van der Waals surface area contributed by atoms with Crippen molar-refractivity contribution in [3.63, 3.8) is 0 Å². The van der Waals surface area contributed by atoms with Crippen molar-refractivity contribution in [1.82, 2.24) is 0 Å². The van der Waals surface area contributed by atoms with Gasteiger partial charge in [0.15, 0.2) is 0 Å². The number of aromatic carboxylic acids is 1. The van der Waals surface area contributed by atoms with E-state index in [1.165, 1.54) is 11.3 Å². The third-order valence-corrected chi connectivity index (χ3v) is 2.85. The molecule has 0 aliphatic rings. The molecule has 12 heavy (non-hydrogen) atoms. The predicted molar refractivity (Wildman–Crippen MR) is 48.6 cm³/mol. The van der Waals surface area contributed by atoms with E-state index >= 15 is 0 Å². The highest BCUT2D eigenvalue weighted by molar-refractivity contribution is 7.12. The van der Waals surface area contributed by atoms with Gasteiger partial charge in [-0.2, -0.15) is 0 Å². The largest absolute Gasteiger partial charge is 0.477 e. The molecule has 0 amide bonds. The summed E-state index contributed by atoms with van der Waals surface area (Å²) in [5, 5.41) is 10.5. The summed E-state index contributed by atoms with van der Waals surface area (Å²) in [4.78, 5) is 11.0. The summed E-state index contributed by atoms with van der Waals surface area (Å²) < 4.78 is 0. The van der Waals surface area contributed by atoms with Crippen LogP contribution in [0.2, 0.25) is 0 Å². The number of nitrogens with two attached hydrogens (primary N) is 1. The van der Waals surface area contributed by atoms with E-state index in [9.17, 15) is 4.79 Å². The van der Waals surface area contributed by atoms with E-state index in [1.807, 2.05) is 12.3 Å². The highest BCUT2D eigenvalue weighted by atomic mass is 32.1. The normalized spacial score (nSPS) is 12.9. The summed E-state index contributed by atoms with van der Waals surface area (Å²) in [5.74, 6) is -0.871. The number of rotatable bonds is 2. The predicted octanol–water partition coefficient (Wildman–Crippen LogP) is 1.77. The van der Waals surface area contributed by atoms with Gasteiger partial charge in [0.05, 0.1) is 0 Å². The standard InChI is InChI=1S/C8H11NO2S/c1-4-6(5(2)9)3-12-7(4)8(10)11/h3,5H,9H2,1-2H3,(H,10,11)/t5-/m1/s1. The maximum Gasteiger partial charge on any atom is 0.346 e. The van der Waals surface area contributed by atoms with Gasteiger partial charge in [-0.05, 0) is 30.4 Å². The zero-order valence-corrected chi connectivity index (χ0v) is 7.81. The minimum atomic E-state index is -0.871. The lowest BCUT2D eigenvalue weighted by molar-refractivity contribution is 0.0701. The number of hydrogen-bond donors (Lipinski definition) is 2. The van der Waals surface area contributed by atoms with Crippen molar-refractivity contribution in [2.24, 2.45) is 5.73 Å². The molecule has 1 atom stereocenters. The van der Waals surface area contributed by atoms with Crippen molar-refractivity contribution in [3.8, 4) is 0 Å². The van der Waals surface area contributed by atoms with E-state index in [2.05, 4.69) is 0 Å². The van der Waals surface area contributed by atoms with Gasteiger partial charge in [0.1, 0.15) is 4.88 Å². The van der Waals surface area contributed by atoms with E-state index in [4.69, 9.17) is 10.8 Å². The monoisotopic (exact) mass is 185 g/mol. The fourth-order valence-electron chi connectivity index (χ4n) is 1.09. The van der Waals surface area contributed by atoms with Gasteiger partial charge in [-0.15, -0.1) is 11.3 Å². The maximum atomic E-state index is 10.6. The SMILES string of the molecule is Cc1c([C@@H](C)N)csc1C(=O)O. The Balaban J connectivity index is 3.13. The summed E-state index contributed by atoms with van der Waals surface area (Å²) in [5.41, 5.74) is 7.36. The minimum Gasteiger partial charge on any atom is -0.477 e. The highest BCUT2D eigenvalue weighted by Crippen LogP contribution is 2.25. The highest BCUT2D eigenvalue weighted by Gasteiger charge is 2.14. The van der Waals surface area contributed by atoms with Crippen LogP contribution in [0.15, 0.2) is 5.38 Å². The molecule has 0 aromatic carbocycles. The molecule has 1 heterocycles. The van der Waals surface area contributed by atoms with Crippen LogP contribution in [0.5, 0.6) is 0 Å². The molecule has 0 fully saturated rings. The molecular weight excluding hydrogens is 174 g/mol. The zero-order valence-electron chi connectivity index (χ0n) is 7.00. The summed E-state index contributed by atoms with van der Waals surface area (Å²) in [7, 11) is 0. The van der Waals surface area contributed by atoms with Crippen LogP contribution >= 0.6 is 11.3 Å². The Morgan fingerprint density at radius 2 is 2.33 bits per heavy atom. The Morgan fingerprint density at radius 1 is 1.75 bits per heavy atom. The number of thiophene rings is 1. The van der Waals surface area contributed by atoms with Gasteiger partial charge in [0.25, 0.3) is 0 Å². The molecule has 0 saturated heterocycles. The third kappa shape index (κ3) is 1.49. The molecule has 3 N–H and O–H groups in total. The molecule has 66 valence electrons. The van der Waals surface area contributed by atoms with Crippen LogP contribution in [0.4, 0.5) is 0 Å². The van der Waals surface area contributed by atoms with Crippen molar-refractivity contribution < 1.29 is 9.90 Å². The topological polar surface area (TPSA) is 63.3 Å². The first-order valence-corrected chi connectivity index (χ1v) is 4.49. The maximum absolute atomic E-state index is 10.6. The lowest BCUT2D eigenvalue weighted by Crippen LogP contribution is -2.06. The molecule has 0 bridgehead atoms. The molecule has 3 nitrogen and oxygen atoms in total. The average Bonchev–Trinajstić information content (AvgIpc) is 2.30. The second kappa shape index (κ2) is 3.25. The summed E-state index contributed by atoms with van der Waals surface area (Å²) in [6.45, 7) is 3.64. The second-order valence-corrected chi connectivity index (χ2v) is 3.62. The lowest BCUT2D eigenvalue weighted by Gasteiger charge is -2.03. The van der Waals surface area contributed by atoms with E-state index in [0.717, 1.165) is 11.1 Å². The number of carboxylic acid groups (broad SMARTS) is 1. The minimum absolute atomic E-state index is 0.0886. The average molecular weight is 185 g/mol. The van der Waals surface area contributed by atoms with Gasteiger partial charge in [-0.1, -0.05) is 0 Å². The Labute approximate surface area is 74.8 Å². The molecule has 0 radical (unpaired) electrons. The van der Waals surface area contributed by atoms with Crippen LogP contribution in [0.3, 0.4) is 0 Å². The van der Waals surface area contributed by atoms with Crippen molar-refractivity contribution in [2.45, 2.75) is 19.9 Å². The van der Waals surface area contributed by atoms with Gasteiger partial charge in [0, 0.05) is 6.04 Å². The van der Waals surface area contributed by atoms with Crippen LogP contribution in [0, 0.1) is 6.92 Å². The molecule has 0 aliphatic carbocycles. The van der Waals surface area contributed by atoms with Gasteiger partial charge < -0.3 is 10.8 Å². The number of carboxylic acids is 1. The molecule has 0 aliphatic heterocycles. The van der Waals surface area contributed by atoms with Crippen molar-refractivity contribution in [1.29, 1.82) is 0 Å². The molecule has 0 unspecified atom stereocenters.